The predicted molar refractivity (Wildman–Crippen MR) is 191 cm³/mol. The summed E-state index contributed by atoms with van der Waals surface area (Å²) in [5.41, 5.74) is 1.04. The number of halogens is 3. The number of amides is 2. The molecule has 10 nitrogen and oxygen atoms in total. The maximum absolute atomic E-state index is 13.7. The van der Waals surface area contributed by atoms with E-state index >= 15 is 0 Å². The Morgan fingerprint density at radius 1 is 1.06 bits per heavy atom. The molecule has 1 aliphatic carbocycles. The van der Waals surface area contributed by atoms with Gasteiger partial charge in [0.1, 0.15) is 18.6 Å². The lowest BCUT2D eigenvalue weighted by Crippen LogP contribution is -2.43. The molecule has 1 aliphatic heterocycles. The summed E-state index contributed by atoms with van der Waals surface area (Å²) in [6.45, 7) is 14.7. The van der Waals surface area contributed by atoms with E-state index in [1.54, 1.807) is 67.8 Å². The fraction of sp³-hybridized carbons (Fsp3) is 0.556. The normalized spacial score (nSPS) is 19.1. The molecule has 2 aliphatic rings. The van der Waals surface area contributed by atoms with Crippen LogP contribution in [-0.2, 0) is 27.2 Å². The second-order valence-electron chi connectivity index (χ2n) is 15.7. The predicted octanol–water partition coefficient (Wildman–Crippen LogP) is 7.44. The summed E-state index contributed by atoms with van der Waals surface area (Å²) >= 11 is 0. The molecule has 0 bridgehead atoms. The second-order valence-corrected chi connectivity index (χ2v) is 23.3. The van der Waals surface area contributed by atoms with Crippen LogP contribution in [0, 0.1) is 16.7 Å². The van der Waals surface area contributed by atoms with E-state index in [1.165, 1.54) is 11.8 Å². The number of alkyl halides is 3. The molecule has 2 aromatic carbocycles. The van der Waals surface area contributed by atoms with Crippen molar-refractivity contribution < 1.29 is 36.4 Å². The number of ether oxygens (including phenoxy) is 2. The molecule has 1 fully saturated rings. The molecule has 1 saturated carbocycles. The first-order chi connectivity index (χ1) is 23.7. The number of benzene rings is 2. The SMILES string of the molecule is C[C@@H](O[C@H](C)C(F)(F)F)[C@H](NS(=O)C(C)(C)C)c1nc2ccc([C@H](N3C(=O)c4ccccc4C3=O)C3(C#N)CC3)cc2n1COCC[Si](C)(C)C. The van der Waals surface area contributed by atoms with Gasteiger partial charge >= 0.3 is 6.18 Å². The number of aromatic nitrogens is 2. The molecule has 0 spiro atoms. The first kappa shape index (κ1) is 38.8. The van der Waals surface area contributed by atoms with Crippen molar-refractivity contribution in [1.29, 1.82) is 5.26 Å². The van der Waals surface area contributed by atoms with Gasteiger partial charge in [0.15, 0.2) is 6.10 Å². The lowest BCUT2D eigenvalue weighted by atomic mass is 9.89. The van der Waals surface area contributed by atoms with Crippen LogP contribution in [0.5, 0.6) is 0 Å². The van der Waals surface area contributed by atoms with Crippen LogP contribution in [0.2, 0.25) is 25.7 Å². The third-order valence-corrected chi connectivity index (χ3v) is 12.7. The lowest BCUT2D eigenvalue weighted by molar-refractivity contribution is -0.227. The number of rotatable bonds is 14. The first-order valence-corrected chi connectivity index (χ1v) is 21.9. The first-order valence-electron chi connectivity index (χ1n) is 17.0. The van der Waals surface area contributed by atoms with Gasteiger partial charge in [-0.3, -0.25) is 14.5 Å². The van der Waals surface area contributed by atoms with Crippen LogP contribution in [0.25, 0.3) is 11.0 Å². The van der Waals surface area contributed by atoms with E-state index in [2.05, 4.69) is 30.4 Å². The lowest BCUT2D eigenvalue weighted by Gasteiger charge is -2.31. The second kappa shape index (κ2) is 14.2. The van der Waals surface area contributed by atoms with Crippen LogP contribution in [0.3, 0.4) is 0 Å². The van der Waals surface area contributed by atoms with Crippen molar-refractivity contribution in [2.75, 3.05) is 6.61 Å². The van der Waals surface area contributed by atoms with Gasteiger partial charge in [-0.2, -0.15) is 18.4 Å². The molecular weight excluding hydrogens is 700 g/mol. The van der Waals surface area contributed by atoms with E-state index in [0.717, 1.165) is 13.0 Å². The van der Waals surface area contributed by atoms with Crippen LogP contribution < -0.4 is 4.72 Å². The van der Waals surface area contributed by atoms with Gasteiger partial charge in [0.05, 0.1) is 61.5 Å². The van der Waals surface area contributed by atoms with Gasteiger partial charge in [0, 0.05) is 14.7 Å². The third-order valence-electron chi connectivity index (χ3n) is 9.37. The number of carbonyl (C=O) groups is 2. The quantitative estimate of drug-likeness (QED) is 0.103. The molecule has 2 amide bonds. The minimum atomic E-state index is -4.63. The van der Waals surface area contributed by atoms with Gasteiger partial charge in [-0.25, -0.2) is 13.9 Å². The van der Waals surface area contributed by atoms with Crippen LogP contribution >= 0.6 is 0 Å². The van der Waals surface area contributed by atoms with E-state index in [-0.39, 0.29) is 23.7 Å². The fourth-order valence-electron chi connectivity index (χ4n) is 6.10. The Bertz CT molecular complexity index is 1840. The van der Waals surface area contributed by atoms with Gasteiger partial charge in [-0.05, 0) is 83.3 Å². The van der Waals surface area contributed by atoms with Crippen molar-refractivity contribution in [3.8, 4) is 6.07 Å². The molecule has 3 aromatic rings. The van der Waals surface area contributed by atoms with Crippen molar-refractivity contribution >= 4 is 41.9 Å². The third kappa shape index (κ3) is 8.15. The van der Waals surface area contributed by atoms with Crippen molar-refractivity contribution in [3.63, 3.8) is 0 Å². The van der Waals surface area contributed by atoms with E-state index in [1.807, 2.05) is 0 Å². The zero-order valence-corrected chi connectivity index (χ0v) is 32.1. The average molecular weight is 746 g/mol. The van der Waals surface area contributed by atoms with Crippen molar-refractivity contribution in [2.45, 2.75) is 115 Å². The highest BCUT2D eigenvalue weighted by Crippen LogP contribution is 2.58. The Balaban J connectivity index is 1.65. The van der Waals surface area contributed by atoms with E-state index in [4.69, 9.17) is 14.5 Å². The molecule has 276 valence electrons. The smallest absolute Gasteiger partial charge is 0.364 e. The highest BCUT2D eigenvalue weighted by molar-refractivity contribution is 7.84. The Hall–Kier alpha value is -3.42. The monoisotopic (exact) mass is 745 g/mol. The molecule has 51 heavy (non-hydrogen) atoms. The Labute approximate surface area is 300 Å². The standard InChI is InChI=1S/C36H46F3N5O5SSi/c1-22(49-23(2)36(37,38)39)29(42-50(47)34(3,4)5)31-41-27-14-13-24(19-28(27)43(31)21-48-17-18-51(6,7)8)30(35(20-40)15-16-35)44-32(45)25-11-9-10-12-26(25)33(44)46/h9-14,19,22-23,29-30,42H,15-18,21H2,1-8H3/t22-,23-,29+,30+,50?/m1/s1. The maximum Gasteiger partial charge on any atom is 0.414 e. The summed E-state index contributed by atoms with van der Waals surface area (Å²) < 4.78 is 70.1. The molecule has 0 radical (unpaired) electrons. The molecule has 5 atom stereocenters. The largest absolute Gasteiger partial charge is 0.414 e. The number of imide groups is 1. The molecular formula is C36H46F3N5O5SSi. The molecule has 0 saturated heterocycles. The van der Waals surface area contributed by atoms with Crippen LogP contribution in [0.15, 0.2) is 42.5 Å². The van der Waals surface area contributed by atoms with Gasteiger partial charge in [-0.1, -0.05) is 37.8 Å². The number of nitrogens with zero attached hydrogens (tertiary/aromatic N) is 4. The number of imidazole rings is 1. The number of hydrogen-bond acceptors (Lipinski definition) is 7. The molecule has 2 heterocycles. The van der Waals surface area contributed by atoms with Gasteiger partial charge in [-0.15, -0.1) is 0 Å². The number of fused-ring (bicyclic) bond motifs is 2. The molecule has 1 N–H and O–H groups in total. The fourth-order valence-corrected chi connectivity index (χ4v) is 7.74. The summed E-state index contributed by atoms with van der Waals surface area (Å²) in [4.78, 5) is 33.5. The van der Waals surface area contributed by atoms with Crippen LogP contribution in [0.1, 0.15) is 91.6 Å². The van der Waals surface area contributed by atoms with Crippen LogP contribution in [-0.4, -0.2) is 68.3 Å². The number of hydrogen-bond donors (Lipinski definition) is 1. The zero-order chi connectivity index (χ0) is 37.7. The van der Waals surface area contributed by atoms with Crippen molar-refractivity contribution in [3.05, 3.63) is 65.0 Å². The summed E-state index contributed by atoms with van der Waals surface area (Å²) in [5.74, 6) is -0.720. The summed E-state index contributed by atoms with van der Waals surface area (Å²) in [6.07, 6.45) is -6.92. The molecule has 1 aromatic heterocycles. The molecule has 1 unspecified atom stereocenters. The molecule has 15 heteroatoms. The topological polar surface area (TPSA) is 127 Å². The van der Waals surface area contributed by atoms with Crippen LogP contribution in [0.4, 0.5) is 13.2 Å². The molecule has 5 rings (SSSR count). The summed E-state index contributed by atoms with van der Waals surface area (Å²) in [6, 6.07) is 13.0. The maximum atomic E-state index is 13.7. The van der Waals surface area contributed by atoms with Crippen molar-refractivity contribution in [1.82, 2.24) is 19.2 Å². The summed E-state index contributed by atoms with van der Waals surface area (Å²) in [5, 5.41) is 10.4. The Morgan fingerprint density at radius 3 is 2.18 bits per heavy atom. The highest BCUT2D eigenvalue weighted by Gasteiger charge is 2.57. The van der Waals surface area contributed by atoms with E-state index in [0.29, 0.717) is 36.0 Å². The van der Waals surface area contributed by atoms with Gasteiger partial charge in [0.25, 0.3) is 11.8 Å². The average Bonchev–Trinajstić information content (AvgIpc) is 3.69. The Morgan fingerprint density at radius 2 is 1.67 bits per heavy atom. The minimum Gasteiger partial charge on any atom is -0.364 e. The Kier molecular flexibility index (Phi) is 10.8. The van der Waals surface area contributed by atoms with E-state index in [9.17, 15) is 32.2 Å². The number of nitrogens with one attached hydrogen (secondary N) is 1. The highest BCUT2D eigenvalue weighted by atomic mass is 32.2. The minimum absolute atomic E-state index is 0.0390. The van der Waals surface area contributed by atoms with Crippen molar-refractivity contribution in [2.24, 2.45) is 5.41 Å². The summed E-state index contributed by atoms with van der Waals surface area (Å²) in [7, 11) is -3.23. The number of nitriles is 1. The van der Waals surface area contributed by atoms with Gasteiger partial charge in [0.2, 0.25) is 0 Å². The van der Waals surface area contributed by atoms with Gasteiger partial charge < -0.3 is 14.0 Å². The van der Waals surface area contributed by atoms with E-state index < -0.39 is 71.5 Å². The zero-order valence-electron chi connectivity index (χ0n) is 30.3. The number of carbonyl (C=O) groups excluding carboxylic acids is 2.